The Kier molecular flexibility index (Phi) is 11.0. The molecule has 0 unspecified atom stereocenters. The van der Waals surface area contributed by atoms with Crippen molar-refractivity contribution in [3.05, 3.63) is 294 Å². The fraction of sp³-hybridized carbons (Fsp3) is 0.123. The number of hydrogen-bond acceptors (Lipinski definition) is 1. The summed E-state index contributed by atoms with van der Waals surface area (Å²) < 4.78 is 0. The van der Waals surface area contributed by atoms with Crippen molar-refractivity contribution in [2.24, 2.45) is 0 Å². The van der Waals surface area contributed by atoms with Gasteiger partial charge in [0.15, 0.2) is 0 Å². The third kappa shape index (κ3) is 7.52. The predicted octanol–water partition coefficient (Wildman–Crippen LogP) is 19.7. The standard InChI is InChI=1S/C73H59N/c1-71(2)45-46-72(3,4)69-49-67-65(48-68(69)71)63-44-39-56(47-66(63)73(67,57-23-13-7-14-24-57)58-25-15-8-16-26-58)61-27-17-29-64-62(61)28-18-30-70(64)74(59-40-35-54(36-41-59)51-21-11-6-12-22-51)60-42-37-55(38-43-60)53-33-31-52(32-34-53)50-19-9-5-10-20-50/h5-44,47-49H,45-46H2,1-4H3. The average Bonchev–Trinajstić information content (AvgIpc) is 3.76. The second-order valence-electron chi connectivity index (χ2n) is 21.9. The second-order valence-corrected chi connectivity index (χ2v) is 21.9. The summed E-state index contributed by atoms with van der Waals surface area (Å²) >= 11 is 0. The topological polar surface area (TPSA) is 3.24 Å². The average molecular weight is 950 g/mol. The van der Waals surface area contributed by atoms with Gasteiger partial charge in [-0.25, -0.2) is 0 Å². The van der Waals surface area contributed by atoms with Gasteiger partial charge in [-0.05, 0) is 161 Å². The van der Waals surface area contributed by atoms with E-state index in [9.17, 15) is 0 Å². The summed E-state index contributed by atoms with van der Waals surface area (Å²) in [5.41, 5.74) is 23.6. The summed E-state index contributed by atoms with van der Waals surface area (Å²) in [5, 5.41) is 2.40. The van der Waals surface area contributed by atoms with Gasteiger partial charge in [-0.1, -0.05) is 246 Å². The highest BCUT2D eigenvalue weighted by Crippen LogP contribution is 2.60. The largest absolute Gasteiger partial charge is 0.310 e. The van der Waals surface area contributed by atoms with Gasteiger partial charge < -0.3 is 4.90 Å². The number of rotatable bonds is 9. The predicted molar refractivity (Wildman–Crippen MR) is 313 cm³/mol. The molecule has 0 amide bonds. The summed E-state index contributed by atoms with van der Waals surface area (Å²) in [5.74, 6) is 0. The third-order valence-electron chi connectivity index (χ3n) is 16.7. The van der Waals surface area contributed by atoms with Gasteiger partial charge in [0.05, 0.1) is 11.1 Å². The van der Waals surface area contributed by atoms with E-state index in [1.54, 1.807) is 0 Å². The lowest BCUT2D eigenvalue weighted by Crippen LogP contribution is -2.35. The number of nitrogens with zero attached hydrogens (tertiary/aromatic N) is 1. The molecule has 0 saturated carbocycles. The first-order valence-electron chi connectivity index (χ1n) is 26.4. The fourth-order valence-corrected chi connectivity index (χ4v) is 12.6. The molecule has 2 aliphatic rings. The van der Waals surface area contributed by atoms with Crippen LogP contribution in [0.2, 0.25) is 0 Å². The van der Waals surface area contributed by atoms with Crippen molar-refractivity contribution in [1.29, 1.82) is 0 Å². The van der Waals surface area contributed by atoms with E-state index in [4.69, 9.17) is 0 Å². The molecule has 0 fully saturated rings. The zero-order valence-electron chi connectivity index (χ0n) is 42.7. The molecule has 0 aromatic heterocycles. The lowest BCUT2D eigenvalue weighted by atomic mass is 9.61. The molecule has 11 aromatic carbocycles. The van der Waals surface area contributed by atoms with Crippen LogP contribution in [-0.4, -0.2) is 0 Å². The Hall–Kier alpha value is -8.52. The summed E-state index contributed by atoms with van der Waals surface area (Å²) in [6.07, 6.45) is 2.34. The highest BCUT2D eigenvalue weighted by Gasteiger charge is 2.49. The highest BCUT2D eigenvalue weighted by molar-refractivity contribution is 6.06. The summed E-state index contributed by atoms with van der Waals surface area (Å²) in [7, 11) is 0. The number of fused-ring (bicyclic) bond motifs is 5. The molecule has 0 N–H and O–H groups in total. The SMILES string of the molecule is CC1(C)CCC(C)(C)c2cc3c(cc21)-c1ccc(-c2cccc4c(N(c5ccc(-c6ccccc6)cc5)c5ccc(-c6ccc(-c7ccccc7)cc6)cc5)cccc24)cc1C3(c1ccccc1)c1ccccc1. The van der Waals surface area contributed by atoms with Gasteiger partial charge in [-0.2, -0.15) is 0 Å². The van der Waals surface area contributed by atoms with Crippen molar-refractivity contribution in [3.63, 3.8) is 0 Å². The number of anilines is 3. The van der Waals surface area contributed by atoms with Crippen LogP contribution in [0.3, 0.4) is 0 Å². The highest BCUT2D eigenvalue weighted by atomic mass is 15.1. The van der Waals surface area contributed by atoms with E-state index in [2.05, 4.69) is 293 Å². The molecule has 2 aliphatic carbocycles. The Morgan fingerprint density at radius 1 is 0.284 bits per heavy atom. The molecule has 0 heterocycles. The molecule has 11 aromatic rings. The van der Waals surface area contributed by atoms with E-state index in [0.717, 1.165) is 17.1 Å². The van der Waals surface area contributed by atoms with Gasteiger partial charge >= 0.3 is 0 Å². The van der Waals surface area contributed by atoms with Gasteiger partial charge in [0, 0.05) is 16.8 Å². The molecular formula is C73H59N. The van der Waals surface area contributed by atoms with Crippen molar-refractivity contribution < 1.29 is 0 Å². The maximum atomic E-state index is 2.63. The maximum Gasteiger partial charge on any atom is 0.0713 e. The van der Waals surface area contributed by atoms with Crippen molar-refractivity contribution in [2.75, 3.05) is 4.90 Å². The van der Waals surface area contributed by atoms with Crippen LogP contribution < -0.4 is 4.90 Å². The first-order chi connectivity index (χ1) is 36.2. The van der Waals surface area contributed by atoms with Gasteiger partial charge in [0.25, 0.3) is 0 Å². The van der Waals surface area contributed by atoms with Crippen LogP contribution in [0.15, 0.2) is 261 Å². The van der Waals surface area contributed by atoms with E-state index in [-0.39, 0.29) is 10.8 Å². The number of hydrogen-bond donors (Lipinski definition) is 0. The van der Waals surface area contributed by atoms with E-state index >= 15 is 0 Å². The Morgan fingerprint density at radius 2 is 0.689 bits per heavy atom. The zero-order valence-corrected chi connectivity index (χ0v) is 42.7. The minimum absolute atomic E-state index is 0.0640. The van der Waals surface area contributed by atoms with Crippen LogP contribution in [0, 0.1) is 0 Å². The Balaban J connectivity index is 0.969. The van der Waals surface area contributed by atoms with Crippen LogP contribution in [0.25, 0.3) is 66.4 Å². The van der Waals surface area contributed by atoms with Gasteiger partial charge in [0.2, 0.25) is 0 Å². The van der Waals surface area contributed by atoms with Gasteiger partial charge in [-0.15, -0.1) is 0 Å². The third-order valence-corrected chi connectivity index (χ3v) is 16.7. The van der Waals surface area contributed by atoms with Crippen LogP contribution in [-0.2, 0) is 16.2 Å². The molecule has 0 aliphatic heterocycles. The minimum atomic E-state index is -0.523. The molecular weight excluding hydrogens is 891 g/mol. The first-order valence-corrected chi connectivity index (χ1v) is 26.4. The molecule has 0 atom stereocenters. The molecule has 356 valence electrons. The van der Waals surface area contributed by atoms with E-state index in [1.165, 1.54) is 113 Å². The van der Waals surface area contributed by atoms with Crippen LogP contribution in [0.1, 0.15) is 73.9 Å². The van der Waals surface area contributed by atoms with Crippen molar-refractivity contribution >= 4 is 27.8 Å². The lowest BCUT2D eigenvalue weighted by molar-refractivity contribution is 0.331. The van der Waals surface area contributed by atoms with Crippen molar-refractivity contribution in [2.45, 2.75) is 56.8 Å². The first kappa shape index (κ1) is 45.4. The summed E-state index contributed by atoms with van der Waals surface area (Å²) in [6, 6.07) is 97.2. The molecule has 13 rings (SSSR count). The van der Waals surface area contributed by atoms with Crippen molar-refractivity contribution in [1.82, 2.24) is 0 Å². The number of benzene rings is 11. The Labute approximate surface area is 437 Å². The van der Waals surface area contributed by atoms with Gasteiger partial charge in [0.1, 0.15) is 0 Å². The molecule has 0 radical (unpaired) electrons. The fourth-order valence-electron chi connectivity index (χ4n) is 12.6. The lowest BCUT2D eigenvalue weighted by Gasteiger charge is -2.43. The molecule has 0 saturated heterocycles. The minimum Gasteiger partial charge on any atom is -0.310 e. The maximum absolute atomic E-state index is 2.63. The van der Waals surface area contributed by atoms with Crippen LogP contribution >= 0.6 is 0 Å². The quantitative estimate of drug-likeness (QED) is 0.139. The Bertz CT molecular complexity index is 3790. The molecule has 1 nitrogen and oxygen atoms in total. The van der Waals surface area contributed by atoms with Crippen LogP contribution in [0.5, 0.6) is 0 Å². The summed E-state index contributed by atoms with van der Waals surface area (Å²) in [4.78, 5) is 2.43. The molecule has 0 bridgehead atoms. The summed E-state index contributed by atoms with van der Waals surface area (Å²) in [6.45, 7) is 9.81. The molecule has 74 heavy (non-hydrogen) atoms. The van der Waals surface area contributed by atoms with E-state index < -0.39 is 5.41 Å². The smallest absolute Gasteiger partial charge is 0.0713 e. The normalized spacial score (nSPS) is 14.7. The zero-order chi connectivity index (χ0) is 50.0. The van der Waals surface area contributed by atoms with Gasteiger partial charge in [-0.3, -0.25) is 0 Å². The monoisotopic (exact) mass is 949 g/mol. The van der Waals surface area contributed by atoms with Crippen molar-refractivity contribution in [3.8, 4) is 55.6 Å². The second kappa shape index (κ2) is 17.9. The van der Waals surface area contributed by atoms with E-state index in [0.29, 0.717) is 0 Å². The molecule has 0 spiro atoms. The Morgan fingerprint density at radius 3 is 1.20 bits per heavy atom. The molecule has 1 heteroatoms. The van der Waals surface area contributed by atoms with Crippen LogP contribution in [0.4, 0.5) is 17.1 Å². The van der Waals surface area contributed by atoms with E-state index in [1.807, 2.05) is 0 Å².